The van der Waals surface area contributed by atoms with E-state index in [-0.39, 0.29) is 18.0 Å². The monoisotopic (exact) mass is 496 g/mol. The van der Waals surface area contributed by atoms with Crippen molar-refractivity contribution < 1.29 is 9.53 Å². The highest BCUT2D eigenvalue weighted by Gasteiger charge is 2.12. The van der Waals surface area contributed by atoms with Gasteiger partial charge in [-0.25, -0.2) is 14.5 Å². The number of para-hydroxylation sites is 1. The molecule has 2 heterocycles. The van der Waals surface area contributed by atoms with Crippen LogP contribution in [0.15, 0.2) is 89.9 Å². The summed E-state index contributed by atoms with van der Waals surface area (Å²) in [6.07, 6.45) is 4.86. The highest BCUT2D eigenvalue weighted by atomic mass is 35.5. The summed E-state index contributed by atoms with van der Waals surface area (Å²) in [6.45, 7) is 1.84. The molecule has 0 atom stereocenters. The minimum Gasteiger partial charge on any atom is -0.454 e. The van der Waals surface area contributed by atoms with E-state index in [9.17, 15) is 9.59 Å². The van der Waals surface area contributed by atoms with E-state index in [0.29, 0.717) is 15.9 Å². The van der Waals surface area contributed by atoms with Crippen molar-refractivity contribution in [2.75, 3.05) is 0 Å². The van der Waals surface area contributed by atoms with Crippen LogP contribution in [0.5, 0.6) is 0 Å². The number of rotatable bonds is 6. The van der Waals surface area contributed by atoms with E-state index in [0.717, 1.165) is 28.1 Å². The molecule has 5 rings (SSSR count). The molecule has 0 aliphatic rings. The van der Waals surface area contributed by atoms with E-state index in [1.165, 1.54) is 6.08 Å². The lowest BCUT2D eigenvalue weighted by atomic mass is 10.1. The molecule has 0 aliphatic heterocycles. The quantitative estimate of drug-likeness (QED) is 0.248. The molecule has 2 aromatic heterocycles. The lowest BCUT2D eigenvalue weighted by molar-refractivity contribution is -0.139. The van der Waals surface area contributed by atoms with Gasteiger partial charge in [0.25, 0.3) is 5.56 Å². The molecule has 0 saturated carbocycles. The SMILES string of the molecule is Cc1ccc(-c2nn(-c3ccccc3)cc2/C=C/C(=O)OCc2nc3cc(Cl)ccc3c(=O)[nH]2)cc1. The van der Waals surface area contributed by atoms with Gasteiger partial charge in [-0.1, -0.05) is 59.6 Å². The Hall–Kier alpha value is -4.49. The number of fused-ring (bicyclic) bond motifs is 1. The molecule has 0 aliphatic carbocycles. The maximum Gasteiger partial charge on any atom is 0.331 e. The third-order valence-corrected chi connectivity index (χ3v) is 5.79. The molecule has 0 spiro atoms. The van der Waals surface area contributed by atoms with Crippen LogP contribution in [0, 0.1) is 6.92 Å². The number of esters is 1. The van der Waals surface area contributed by atoms with Crippen molar-refractivity contribution in [1.29, 1.82) is 0 Å². The van der Waals surface area contributed by atoms with Crippen LogP contribution in [0.4, 0.5) is 0 Å². The number of benzene rings is 3. The van der Waals surface area contributed by atoms with Gasteiger partial charge in [0.2, 0.25) is 0 Å². The van der Waals surface area contributed by atoms with Gasteiger partial charge in [-0.15, -0.1) is 0 Å². The summed E-state index contributed by atoms with van der Waals surface area (Å²) >= 11 is 6.00. The van der Waals surface area contributed by atoms with Crippen LogP contribution < -0.4 is 5.56 Å². The normalized spacial score (nSPS) is 11.3. The van der Waals surface area contributed by atoms with Crippen molar-refractivity contribution in [2.45, 2.75) is 13.5 Å². The number of aromatic nitrogens is 4. The molecule has 0 bridgehead atoms. The molecule has 36 heavy (non-hydrogen) atoms. The Bertz CT molecular complexity index is 1640. The minimum atomic E-state index is -0.578. The van der Waals surface area contributed by atoms with Crippen LogP contribution in [-0.4, -0.2) is 25.7 Å². The summed E-state index contributed by atoms with van der Waals surface area (Å²) in [5, 5.41) is 5.63. The van der Waals surface area contributed by atoms with Gasteiger partial charge >= 0.3 is 5.97 Å². The molecular formula is C28H21ClN4O3. The zero-order valence-electron chi connectivity index (χ0n) is 19.3. The summed E-state index contributed by atoms with van der Waals surface area (Å²) in [4.78, 5) is 31.7. The van der Waals surface area contributed by atoms with Crippen molar-refractivity contribution in [3.63, 3.8) is 0 Å². The summed E-state index contributed by atoms with van der Waals surface area (Å²) in [7, 11) is 0. The smallest absolute Gasteiger partial charge is 0.331 e. The van der Waals surface area contributed by atoms with E-state index < -0.39 is 5.97 Å². The zero-order chi connectivity index (χ0) is 25.1. The third kappa shape index (κ3) is 5.11. The van der Waals surface area contributed by atoms with Gasteiger partial charge in [-0.05, 0) is 43.3 Å². The lowest BCUT2D eigenvalue weighted by Crippen LogP contribution is -2.13. The fourth-order valence-corrected chi connectivity index (χ4v) is 3.90. The molecular weight excluding hydrogens is 476 g/mol. The highest BCUT2D eigenvalue weighted by Crippen LogP contribution is 2.25. The van der Waals surface area contributed by atoms with Gasteiger partial charge in [0.15, 0.2) is 0 Å². The number of ether oxygens (including phenoxy) is 1. The number of hydrogen-bond donors (Lipinski definition) is 1. The first-order valence-corrected chi connectivity index (χ1v) is 11.6. The average molecular weight is 497 g/mol. The summed E-state index contributed by atoms with van der Waals surface area (Å²) in [6, 6.07) is 22.6. The average Bonchev–Trinajstić information content (AvgIpc) is 3.31. The van der Waals surface area contributed by atoms with Crippen LogP contribution in [0.1, 0.15) is 17.0 Å². The van der Waals surface area contributed by atoms with Gasteiger partial charge in [0, 0.05) is 28.4 Å². The van der Waals surface area contributed by atoms with Crippen molar-refractivity contribution in [3.05, 3.63) is 117 Å². The Morgan fingerprint density at radius 3 is 2.64 bits per heavy atom. The predicted octanol–water partition coefficient (Wildman–Crippen LogP) is 5.49. The standard InChI is InChI=1S/C28H21ClN4O3/c1-18-7-9-19(10-8-18)27-20(16-33(32-27)22-5-3-2-4-6-22)11-14-26(34)36-17-25-30-24-15-21(29)12-13-23(24)28(35)31-25/h2-16H,17H2,1H3,(H,30,31,35)/b14-11+. The van der Waals surface area contributed by atoms with E-state index >= 15 is 0 Å². The number of halogens is 1. The highest BCUT2D eigenvalue weighted by molar-refractivity contribution is 6.31. The first-order chi connectivity index (χ1) is 17.5. The second kappa shape index (κ2) is 10.0. The molecule has 178 valence electrons. The molecule has 1 N–H and O–H groups in total. The maximum absolute atomic E-state index is 12.5. The van der Waals surface area contributed by atoms with Crippen molar-refractivity contribution in [3.8, 4) is 16.9 Å². The molecule has 5 aromatic rings. The van der Waals surface area contributed by atoms with Gasteiger partial charge < -0.3 is 9.72 Å². The Kier molecular flexibility index (Phi) is 6.47. The zero-order valence-corrected chi connectivity index (χ0v) is 20.1. The molecule has 0 radical (unpaired) electrons. The van der Waals surface area contributed by atoms with E-state index in [2.05, 4.69) is 9.97 Å². The van der Waals surface area contributed by atoms with Crippen LogP contribution >= 0.6 is 11.6 Å². The molecule has 3 aromatic carbocycles. The van der Waals surface area contributed by atoms with Gasteiger partial charge in [0.1, 0.15) is 12.4 Å². The van der Waals surface area contributed by atoms with Gasteiger partial charge in [0.05, 0.1) is 22.3 Å². The summed E-state index contributed by atoms with van der Waals surface area (Å²) < 4.78 is 7.09. The predicted molar refractivity (Wildman–Crippen MR) is 140 cm³/mol. The number of hydrogen-bond acceptors (Lipinski definition) is 5. The summed E-state index contributed by atoms with van der Waals surface area (Å²) in [5.41, 5.74) is 4.58. The molecule has 0 amide bonds. The molecule has 7 nitrogen and oxygen atoms in total. The fraction of sp³-hybridized carbons (Fsp3) is 0.0714. The minimum absolute atomic E-state index is 0.186. The van der Waals surface area contributed by atoms with Crippen molar-refractivity contribution in [1.82, 2.24) is 19.7 Å². The molecule has 0 unspecified atom stereocenters. The topological polar surface area (TPSA) is 89.9 Å². The first kappa shape index (κ1) is 23.3. The van der Waals surface area contributed by atoms with Crippen LogP contribution in [0.3, 0.4) is 0 Å². The van der Waals surface area contributed by atoms with Crippen LogP contribution in [-0.2, 0) is 16.1 Å². The second-order valence-corrected chi connectivity index (χ2v) is 8.63. The third-order valence-electron chi connectivity index (χ3n) is 5.56. The lowest BCUT2D eigenvalue weighted by Gasteiger charge is -2.04. The Morgan fingerprint density at radius 1 is 1.08 bits per heavy atom. The van der Waals surface area contributed by atoms with Crippen LogP contribution in [0.25, 0.3) is 33.9 Å². The fourth-order valence-electron chi connectivity index (χ4n) is 3.73. The Morgan fingerprint density at radius 2 is 1.86 bits per heavy atom. The first-order valence-electron chi connectivity index (χ1n) is 11.2. The molecule has 0 saturated heterocycles. The van der Waals surface area contributed by atoms with E-state index in [1.54, 1.807) is 29.0 Å². The maximum atomic E-state index is 12.5. The number of aromatic amines is 1. The largest absolute Gasteiger partial charge is 0.454 e. The van der Waals surface area contributed by atoms with E-state index in [4.69, 9.17) is 21.4 Å². The molecule has 0 fully saturated rings. The number of carbonyl (C=O) groups excluding carboxylic acids is 1. The number of nitrogens with zero attached hydrogens (tertiary/aromatic N) is 3. The second-order valence-electron chi connectivity index (χ2n) is 8.19. The van der Waals surface area contributed by atoms with Gasteiger partial charge in [-0.3, -0.25) is 4.79 Å². The number of carbonyl (C=O) groups is 1. The van der Waals surface area contributed by atoms with Gasteiger partial charge in [-0.2, -0.15) is 5.10 Å². The van der Waals surface area contributed by atoms with Crippen LogP contribution in [0.2, 0.25) is 5.02 Å². The Labute approximate surface area is 211 Å². The molecule has 8 heteroatoms. The number of aryl methyl sites for hydroxylation is 1. The van der Waals surface area contributed by atoms with Crippen molar-refractivity contribution in [2.24, 2.45) is 0 Å². The Balaban J connectivity index is 1.37. The van der Waals surface area contributed by atoms with Crippen molar-refractivity contribution >= 4 is 34.5 Å². The van der Waals surface area contributed by atoms with E-state index in [1.807, 2.05) is 67.7 Å². The summed E-state index contributed by atoms with van der Waals surface area (Å²) in [5.74, 6) is -0.347. The number of H-pyrrole nitrogens is 1. The number of nitrogens with one attached hydrogen (secondary N) is 1.